The van der Waals surface area contributed by atoms with Gasteiger partial charge in [-0.1, -0.05) is 6.07 Å². The maximum absolute atomic E-state index is 13.3. The van der Waals surface area contributed by atoms with Crippen molar-refractivity contribution >= 4 is 34.7 Å². The van der Waals surface area contributed by atoms with Crippen molar-refractivity contribution < 1.29 is 13.9 Å². The van der Waals surface area contributed by atoms with Gasteiger partial charge in [-0.15, -0.1) is 34.7 Å². The van der Waals surface area contributed by atoms with Crippen molar-refractivity contribution in [3.05, 3.63) is 52.2 Å². The second-order valence-electron chi connectivity index (χ2n) is 6.53. The Kier molecular flexibility index (Phi) is 6.78. The molecule has 0 radical (unpaired) electrons. The minimum absolute atomic E-state index is 0.0341. The summed E-state index contributed by atoms with van der Waals surface area (Å²) >= 11 is 9.62. The molecule has 1 aromatic carbocycles. The van der Waals surface area contributed by atoms with Crippen LogP contribution in [-0.2, 0) is 6.42 Å². The molecule has 0 amide bonds. The number of aryl methyl sites for hydroxylation is 1. The molecule has 3 rings (SSSR count). The van der Waals surface area contributed by atoms with E-state index in [1.165, 1.54) is 28.8 Å². The van der Waals surface area contributed by atoms with Gasteiger partial charge in [0.1, 0.15) is 11.6 Å². The maximum Gasteiger partial charge on any atom is 0.127 e. The van der Waals surface area contributed by atoms with Gasteiger partial charge in [0.2, 0.25) is 0 Å². The van der Waals surface area contributed by atoms with Crippen molar-refractivity contribution in [2.75, 3.05) is 5.75 Å². The first kappa shape index (κ1) is 19.2. The summed E-state index contributed by atoms with van der Waals surface area (Å²) in [6.45, 7) is 0. The van der Waals surface area contributed by atoms with Crippen LogP contribution < -0.4 is 0 Å². The first-order valence-corrected chi connectivity index (χ1v) is 10.8. The van der Waals surface area contributed by atoms with Crippen LogP contribution >= 0.6 is 34.7 Å². The zero-order valence-electron chi connectivity index (χ0n) is 13.7. The lowest BCUT2D eigenvalue weighted by atomic mass is 9.91. The zero-order chi connectivity index (χ0) is 17.8. The van der Waals surface area contributed by atoms with Crippen LogP contribution in [0, 0.1) is 23.5 Å². The summed E-state index contributed by atoms with van der Waals surface area (Å²) in [6.07, 6.45) is 3.18. The normalized spacial score (nSPS) is 26.2. The second kappa shape index (κ2) is 8.85. The van der Waals surface area contributed by atoms with Crippen LogP contribution in [0.1, 0.15) is 24.1 Å². The molecule has 6 heteroatoms. The number of hydrogen-bond donors (Lipinski definition) is 1. The fraction of sp³-hybridized carbons (Fsp3) is 0.474. The number of alkyl halides is 1. The molecule has 0 spiro atoms. The molecular formula is C19H21ClF2OS2. The van der Waals surface area contributed by atoms with Crippen molar-refractivity contribution in [2.24, 2.45) is 11.8 Å². The highest BCUT2D eigenvalue weighted by molar-refractivity contribution is 7.99. The lowest BCUT2D eigenvalue weighted by Gasteiger charge is -2.23. The Hall–Kier alpha value is -0.620. The summed E-state index contributed by atoms with van der Waals surface area (Å²) in [6, 6.07) is 7.73. The Morgan fingerprint density at radius 1 is 1.20 bits per heavy atom. The Bertz CT molecular complexity index is 660. The summed E-state index contributed by atoms with van der Waals surface area (Å²) in [5.74, 6) is -0.226. The van der Waals surface area contributed by atoms with Gasteiger partial charge in [-0.25, -0.2) is 8.78 Å². The van der Waals surface area contributed by atoms with E-state index in [9.17, 15) is 13.9 Å². The van der Waals surface area contributed by atoms with Crippen LogP contribution in [-0.4, -0.2) is 22.3 Å². The van der Waals surface area contributed by atoms with Gasteiger partial charge in [0.05, 0.1) is 6.10 Å². The molecule has 1 fully saturated rings. The van der Waals surface area contributed by atoms with E-state index >= 15 is 0 Å². The van der Waals surface area contributed by atoms with E-state index in [0.29, 0.717) is 17.1 Å². The highest BCUT2D eigenvalue weighted by Crippen LogP contribution is 2.42. The first-order chi connectivity index (χ1) is 12.0. The number of halogens is 3. The van der Waals surface area contributed by atoms with Crippen LogP contribution in [0.2, 0.25) is 0 Å². The number of aliphatic hydroxyl groups excluding tert-OH is 1. The van der Waals surface area contributed by atoms with Crippen LogP contribution in [0.15, 0.2) is 40.6 Å². The van der Waals surface area contributed by atoms with Gasteiger partial charge in [-0.3, -0.25) is 0 Å². The highest BCUT2D eigenvalue weighted by Gasteiger charge is 2.40. The molecule has 1 saturated carbocycles. The van der Waals surface area contributed by atoms with Gasteiger partial charge in [0.25, 0.3) is 0 Å². The van der Waals surface area contributed by atoms with E-state index in [0.717, 1.165) is 25.3 Å². The first-order valence-electron chi connectivity index (χ1n) is 8.46. The molecule has 1 nitrogen and oxygen atoms in total. The molecule has 2 aromatic rings. The predicted molar refractivity (Wildman–Crippen MR) is 102 cm³/mol. The summed E-state index contributed by atoms with van der Waals surface area (Å²) in [4.78, 5) is 1.92. The fourth-order valence-corrected chi connectivity index (χ4v) is 6.03. The van der Waals surface area contributed by atoms with Gasteiger partial charge in [0.15, 0.2) is 0 Å². The number of rotatable bonds is 7. The van der Waals surface area contributed by atoms with Crippen molar-refractivity contribution in [1.82, 2.24) is 0 Å². The average Bonchev–Trinajstić information content (AvgIpc) is 3.14. The SMILES string of the molecule is O[C@@H]1C[C@@H](Cl)[C@H](CCCc2cccs2)[C@H]1CSc1cc(F)cc(F)c1. The molecule has 0 aliphatic heterocycles. The van der Waals surface area contributed by atoms with E-state index in [2.05, 4.69) is 17.5 Å². The lowest BCUT2D eigenvalue weighted by Crippen LogP contribution is -2.23. The molecule has 1 aromatic heterocycles. The third-order valence-corrected chi connectivity index (χ3v) is 7.35. The third-order valence-electron chi connectivity index (χ3n) is 4.79. The molecule has 136 valence electrons. The Balaban J connectivity index is 1.57. The molecule has 1 aliphatic carbocycles. The minimum Gasteiger partial charge on any atom is -0.393 e. The molecule has 0 unspecified atom stereocenters. The topological polar surface area (TPSA) is 20.2 Å². The standard InChI is InChI=1S/C19H21ClF2OS2/c20-18-10-19(23)17(11-25-15-8-12(21)7-13(22)9-15)16(18)5-1-3-14-4-2-6-24-14/h2,4,6-9,16-19,23H,1,3,5,10-11H2/t16-,17-,18-,19-/m1/s1. The summed E-state index contributed by atoms with van der Waals surface area (Å²) in [7, 11) is 0. The predicted octanol–water partition coefficient (Wildman–Crippen LogP) is 5.75. The molecule has 4 atom stereocenters. The highest BCUT2D eigenvalue weighted by atomic mass is 35.5. The number of thioether (sulfide) groups is 1. The van der Waals surface area contributed by atoms with E-state index in [1.807, 2.05) is 0 Å². The van der Waals surface area contributed by atoms with E-state index < -0.39 is 17.7 Å². The quantitative estimate of drug-likeness (QED) is 0.470. The second-order valence-corrected chi connectivity index (χ2v) is 9.22. The van der Waals surface area contributed by atoms with Crippen molar-refractivity contribution in [1.29, 1.82) is 0 Å². The smallest absolute Gasteiger partial charge is 0.127 e. The van der Waals surface area contributed by atoms with Crippen LogP contribution in [0.3, 0.4) is 0 Å². The van der Waals surface area contributed by atoms with E-state index in [1.54, 1.807) is 11.3 Å². The van der Waals surface area contributed by atoms with Gasteiger partial charge >= 0.3 is 0 Å². The van der Waals surface area contributed by atoms with Gasteiger partial charge in [-0.2, -0.15) is 0 Å². The molecule has 1 N–H and O–H groups in total. The van der Waals surface area contributed by atoms with Gasteiger partial charge < -0.3 is 5.11 Å². The van der Waals surface area contributed by atoms with Crippen LogP contribution in [0.25, 0.3) is 0 Å². The van der Waals surface area contributed by atoms with Gasteiger partial charge in [-0.05, 0) is 61.1 Å². The molecule has 0 saturated heterocycles. The van der Waals surface area contributed by atoms with Crippen LogP contribution in [0.5, 0.6) is 0 Å². The largest absolute Gasteiger partial charge is 0.393 e. The number of hydrogen-bond acceptors (Lipinski definition) is 3. The average molecular weight is 403 g/mol. The number of benzene rings is 1. The molecule has 1 aliphatic rings. The Morgan fingerprint density at radius 2 is 1.96 bits per heavy atom. The van der Waals surface area contributed by atoms with Gasteiger partial charge in [0, 0.05) is 27.0 Å². The minimum atomic E-state index is -0.572. The molecule has 1 heterocycles. The van der Waals surface area contributed by atoms with Crippen molar-refractivity contribution in [3.8, 4) is 0 Å². The Morgan fingerprint density at radius 3 is 2.64 bits per heavy atom. The summed E-state index contributed by atoms with van der Waals surface area (Å²) in [5.41, 5.74) is 0. The Labute approximate surface area is 160 Å². The lowest BCUT2D eigenvalue weighted by molar-refractivity contribution is 0.128. The van der Waals surface area contributed by atoms with E-state index in [4.69, 9.17) is 11.6 Å². The van der Waals surface area contributed by atoms with Crippen LogP contribution in [0.4, 0.5) is 8.78 Å². The molecular weight excluding hydrogens is 382 g/mol. The number of aliphatic hydroxyl groups is 1. The van der Waals surface area contributed by atoms with E-state index in [-0.39, 0.29) is 17.2 Å². The maximum atomic E-state index is 13.3. The number of thiophene rings is 1. The summed E-state index contributed by atoms with van der Waals surface area (Å²) < 4.78 is 26.6. The zero-order valence-corrected chi connectivity index (χ0v) is 16.1. The fourth-order valence-electron chi connectivity index (χ4n) is 3.53. The van der Waals surface area contributed by atoms with Crippen molar-refractivity contribution in [3.63, 3.8) is 0 Å². The summed E-state index contributed by atoms with van der Waals surface area (Å²) in [5, 5.41) is 12.4. The molecule has 25 heavy (non-hydrogen) atoms. The van der Waals surface area contributed by atoms with Crippen molar-refractivity contribution in [2.45, 2.75) is 42.1 Å². The third kappa shape index (κ3) is 5.19. The molecule has 0 bridgehead atoms. The monoisotopic (exact) mass is 402 g/mol.